The van der Waals surface area contributed by atoms with Crippen LogP contribution in [-0.4, -0.2) is 15.9 Å². The first-order valence-electron chi connectivity index (χ1n) is 3.65. The second kappa shape index (κ2) is 2.77. The summed E-state index contributed by atoms with van der Waals surface area (Å²) in [5, 5.41) is 0. The molecule has 5 heteroatoms. The van der Waals surface area contributed by atoms with Crippen LogP contribution in [0.5, 0.6) is 0 Å². The molecule has 3 N–H and O–H groups in total. The Morgan fingerprint density at radius 1 is 1.54 bits per heavy atom. The number of primary amides is 1. The average molecular weight is 193 g/mol. The Balaban J connectivity index is 2.80. The molecule has 1 aromatic heterocycles. The molecule has 0 unspecified atom stereocenters. The zero-order chi connectivity index (χ0) is 9.42. The zero-order valence-corrected chi connectivity index (χ0v) is 7.51. The van der Waals surface area contributed by atoms with Gasteiger partial charge in [-0.25, -0.2) is 4.98 Å². The number of carbonyl (C=O) groups excluding carboxylic acids is 1. The number of imidazole rings is 1. The highest BCUT2D eigenvalue weighted by atomic mass is 32.1. The zero-order valence-electron chi connectivity index (χ0n) is 6.61. The molecule has 0 fully saturated rings. The minimum absolute atomic E-state index is 0.392. The standard InChI is InChI=1S/C8H7N3OS/c9-8(12)4-1-2-5-6(7(4)13)11-3-10-5/h1-3,13H,(H2,9,12)(H,10,11). The number of benzene rings is 1. The maximum atomic E-state index is 10.9. The Bertz CT molecular complexity index is 477. The Kier molecular flexibility index (Phi) is 1.73. The van der Waals surface area contributed by atoms with Crippen LogP contribution in [-0.2, 0) is 0 Å². The van der Waals surface area contributed by atoms with Gasteiger partial charge in [-0.3, -0.25) is 4.79 Å². The van der Waals surface area contributed by atoms with Crippen LogP contribution in [0.15, 0.2) is 23.4 Å². The molecule has 0 saturated heterocycles. The number of hydrogen-bond donors (Lipinski definition) is 3. The molecule has 2 rings (SSSR count). The number of thiol groups is 1. The van der Waals surface area contributed by atoms with Gasteiger partial charge in [0.1, 0.15) is 5.52 Å². The highest BCUT2D eigenvalue weighted by Gasteiger charge is 2.09. The van der Waals surface area contributed by atoms with Crippen molar-refractivity contribution in [3.63, 3.8) is 0 Å². The summed E-state index contributed by atoms with van der Waals surface area (Å²) < 4.78 is 0. The molecule has 0 aliphatic carbocycles. The Morgan fingerprint density at radius 2 is 2.31 bits per heavy atom. The van der Waals surface area contributed by atoms with Gasteiger partial charge in [-0.1, -0.05) is 0 Å². The molecule has 1 amide bonds. The van der Waals surface area contributed by atoms with E-state index in [4.69, 9.17) is 5.73 Å². The lowest BCUT2D eigenvalue weighted by Crippen LogP contribution is -2.11. The summed E-state index contributed by atoms with van der Waals surface area (Å²) in [6.07, 6.45) is 1.55. The number of carbonyl (C=O) groups is 1. The van der Waals surface area contributed by atoms with Crippen molar-refractivity contribution in [2.75, 3.05) is 0 Å². The molecule has 0 atom stereocenters. The molecule has 0 spiro atoms. The van der Waals surface area contributed by atoms with Gasteiger partial charge in [-0.15, -0.1) is 12.6 Å². The molecule has 4 nitrogen and oxygen atoms in total. The molecule has 0 bridgehead atoms. The topological polar surface area (TPSA) is 71.8 Å². The Morgan fingerprint density at radius 3 is 3.00 bits per heavy atom. The Hall–Kier alpha value is -1.49. The summed E-state index contributed by atoms with van der Waals surface area (Å²) >= 11 is 4.19. The van der Waals surface area contributed by atoms with Crippen LogP contribution >= 0.6 is 12.6 Å². The number of nitrogens with zero attached hydrogens (tertiary/aromatic N) is 1. The van der Waals surface area contributed by atoms with E-state index in [0.29, 0.717) is 16.0 Å². The van der Waals surface area contributed by atoms with Crippen LogP contribution in [0.25, 0.3) is 11.0 Å². The second-order valence-electron chi connectivity index (χ2n) is 2.62. The molecule has 0 aliphatic rings. The highest BCUT2D eigenvalue weighted by Crippen LogP contribution is 2.22. The van der Waals surface area contributed by atoms with Crippen LogP contribution in [0.4, 0.5) is 0 Å². The maximum absolute atomic E-state index is 10.9. The fraction of sp³-hybridized carbons (Fsp3) is 0. The first kappa shape index (κ1) is 8.12. The number of fused-ring (bicyclic) bond motifs is 1. The quantitative estimate of drug-likeness (QED) is 0.590. The van der Waals surface area contributed by atoms with Crippen molar-refractivity contribution in [2.45, 2.75) is 4.90 Å². The molecule has 66 valence electrons. The second-order valence-corrected chi connectivity index (χ2v) is 3.07. The van der Waals surface area contributed by atoms with Gasteiger partial charge in [-0.2, -0.15) is 0 Å². The van der Waals surface area contributed by atoms with E-state index in [1.165, 1.54) is 0 Å². The number of nitrogens with two attached hydrogens (primary N) is 1. The average Bonchev–Trinajstić information content (AvgIpc) is 2.52. The van der Waals surface area contributed by atoms with E-state index in [1.54, 1.807) is 18.5 Å². The number of rotatable bonds is 1. The molecule has 1 aromatic carbocycles. The van der Waals surface area contributed by atoms with E-state index in [0.717, 1.165) is 5.52 Å². The van der Waals surface area contributed by atoms with Crippen LogP contribution in [0, 0.1) is 0 Å². The number of hydrogen-bond acceptors (Lipinski definition) is 3. The van der Waals surface area contributed by atoms with Gasteiger partial charge < -0.3 is 10.7 Å². The van der Waals surface area contributed by atoms with Gasteiger partial charge in [0.2, 0.25) is 5.91 Å². The van der Waals surface area contributed by atoms with E-state index in [2.05, 4.69) is 22.6 Å². The van der Waals surface area contributed by atoms with Gasteiger partial charge in [0, 0.05) is 4.90 Å². The number of H-pyrrole nitrogens is 1. The molecule has 13 heavy (non-hydrogen) atoms. The van der Waals surface area contributed by atoms with Crippen molar-refractivity contribution in [2.24, 2.45) is 5.73 Å². The van der Waals surface area contributed by atoms with Crippen LogP contribution < -0.4 is 5.73 Å². The first-order chi connectivity index (χ1) is 6.20. The summed E-state index contributed by atoms with van der Waals surface area (Å²) in [6, 6.07) is 3.38. The fourth-order valence-electron chi connectivity index (χ4n) is 1.19. The third-order valence-electron chi connectivity index (χ3n) is 1.83. The van der Waals surface area contributed by atoms with E-state index in [-0.39, 0.29) is 0 Å². The van der Waals surface area contributed by atoms with Gasteiger partial charge in [0.25, 0.3) is 0 Å². The summed E-state index contributed by atoms with van der Waals surface area (Å²) in [4.78, 5) is 18.4. The lowest BCUT2D eigenvalue weighted by Gasteiger charge is -1.99. The van der Waals surface area contributed by atoms with E-state index in [9.17, 15) is 4.79 Å². The van der Waals surface area contributed by atoms with Gasteiger partial charge in [-0.05, 0) is 12.1 Å². The molecule has 1 heterocycles. The number of amides is 1. The third kappa shape index (κ3) is 1.17. The maximum Gasteiger partial charge on any atom is 0.249 e. The minimum atomic E-state index is -0.491. The minimum Gasteiger partial charge on any atom is -0.366 e. The van der Waals surface area contributed by atoms with E-state index in [1.807, 2.05) is 0 Å². The van der Waals surface area contributed by atoms with Crippen molar-refractivity contribution in [1.29, 1.82) is 0 Å². The van der Waals surface area contributed by atoms with Crippen molar-refractivity contribution < 1.29 is 4.79 Å². The summed E-state index contributed by atoms with van der Waals surface area (Å²) in [5.41, 5.74) is 7.05. The lowest BCUT2D eigenvalue weighted by atomic mass is 10.2. The molecule has 2 aromatic rings. The van der Waals surface area contributed by atoms with Crippen LogP contribution in [0.2, 0.25) is 0 Å². The summed E-state index contributed by atoms with van der Waals surface area (Å²) in [7, 11) is 0. The van der Waals surface area contributed by atoms with Gasteiger partial charge in [0.05, 0.1) is 17.4 Å². The number of aromatic amines is 1. The molecule has 0 aliphatic heterocycles. The molecular weight excluding hydrogens is 186 g/mol. The first-order valence-corrected chi connectivity index (χ1v) is 4.09. The fourth-order valence-corrected chi connectivity index (χ4v) is 1.55. The number of aromatic nitrogens is 2. The normalized spacial score (nSPS) is 10.5. The lowest BCUT2D eigenvalue weighted by molar-refractivity contribution is 0.0998. The van der Waals surface area contributed by atoms with Crippen molar-refractivity contribution in [1.82, 2.24) is 9.97 Å². The Labute approximate surface area is 79.6 Å². The van der Waals surface area contributed by atoms with Crippen molar-refractivity contribution in [3.8, 4) is 0 Å². The van der Waals surface area contributed by atoms with Gasteiger partial charge >= 0.3 is 0 Å². The molecule has 0 radical (unpaired) electrons. The monoisotopic (exact) mass is 193 g/mol. The van der Waals surface area contributed by atoms with Crippen LogP contribution in [0.1, 0.15) is 10.4 Å². The summed E-state index contributed by atoms with van der Waals surface area (Å²) in [5.74, 6) is -0.491. The number of nitrogens with one attached hydrogen (secondary N) is 1. The van der Waals surface area contributed by atoms with E-state index >= 15 is 0 Å². The molecular formula is C8H7N3OS. The largest absolute Gasteiger partial charge is 0.366 e. The van der Waals surface area contributed by atoms with Crippen LogP contribution in [0.3, 0.4) is 0 Å². The summed E-state index contributed by atoms with van der Waals surface area (Å²) in [6.45, 7) is 0. The highest BCUT2D eigenvalue weighted by molar-refractivity contribution is 7.80. The van der Waals surface area contributed by atoms with Gasteiger partial charge in [0.15, 0.2) is 0 Å². The molecule has 0 saturated carbocycles. The van der Waals surface area contributed by atoms with Crippen molar-refractivity contribution >= 4 is 29.6 Å². The van der Waals surface area contributed by atoms with Crippen molar-refractivity contribution in [3.05, 3.63) is 24.0 Å². The SMILES string of the molecule is NC(=O)c1ccc2[nH]cnc2c1S. The van der Waals surface area contributed by atoms with E-state index < -0.39 is 5.91 Å². The smallest absolute Gasteiger partial charge is 0.249 e. The third-order valence-corrected chi connectivity index (χ3v) is 2.28. The predicted octanol–water partition coefficient (Wildman–Crippen LogP) is 0.951. The predicted molar refractivity (Wildman–Crippen MR) is 51.9 cm³/mol.